The van der Waals surface area contributed by atoms with Crippen molar-refractivity contribution in [3.8, 4) is 0 Å². The minimum Gasteiger partial charge on any atom is -0.369 e. The van der Waals surface area contributed by atoms with Crippen molar-refractivity contribution in [3.63, 3.8) is 0 Å². The second-order valence-electron chi connectivity index (χ2n) is 7.22. The highest BCUT2D eigenvalue weighted by atomic mass is 16.5. The largest absolute Gasteiger partial charge is 0.369 e. The number of amides is 1. The van der Waals surface area contributed by atoms with Gasteiger partial charge in [0.2, 0.25) is 5.91 Å². The van der Waals surface area contributed by atoms with Crippen LogP contribution in [-0.2, 0) is 20.8 Å². The van der Waals surface area contributed by atoms with Crippen LogP contribution in [-0.4, -0.2) is 72.8 Å². The summed E-state index contributed by atoms with van der Waals surface area (Å²) in [5.41, 5.74) is 2.05. The Bertz CT molecular complexity index is 560. The number of rotatable bonds is 6. The van der Waals surface area contributed by atoms with Gasteiger partial charge in [-0.3, -0.25) is 14.7 Å². The maximum absolute atomic E-state index is 11.6. The van der Waals surface area contributed by atoms with Crippen molar-refractivity contribution in [2.24, 2.45) is 0 Å². The first kappa shape index (κ1) is 18.8. The number of pyridine rings is 1. The van der Waals surface area contributed by atoms with Crippen LogP contribution in [0.15, 0.2) is 18.3 Å². The molecule has 0 unspecified atom stereocenters. The molecule has 0 aromatic carbocycles. The van der Waals surface area contributed by atoms with Gasteiger partial charge in [0.1, 0.15) is 6.61 Å². The Balaban J connectivity index is 1.91. The number of aromatic nitrogens is 1. The molecule has 0 bridgehead atoms. The molecule has 1 fully saturated rings. The van der Waals surface area contributed by atoms with Gasteiger partial charge in [-0.1, -0.05) is 6.07 Å². The van der Waals surface area contributed by atoms with Crippen molar-refractivity contribution in [1.29, 1.82) is 0 Å². The zero-order valence-corrected chi connectivity index (χ0v) is 15.4. The van der Waals surface area contributed by atoms with Crippen LogP contribution >= 0.6 is 0 Å². The van der Waals surface area contributed by atoms with Gasteiger partial charge in [-0.05, 0) is 32.4 Å². The number of ether oxygens (including phenoxy) is 2. The lowest BCUT2D eigenvalue weighted by Gasteiger charge is -2.42. The van der Waals surface area contributed by atoms with Gasteiger partial charge in [0.15, 0.2) is 0 Å². The van der Waals surface area contributed by atoms with Gasteiger partial charge >= 0.3 is 0 Å². The number of hydrogen-bond donors (Lipinski definition) is 0. The number of carbonyl (C=O) groups excluding carboxylic acids is 1. The summed E-state index contributed by atoms with van der Waals surface area (Å²) < 4.78 is 11.7. The average molecular weight is 335 g/mol. The Morgan fingerprint density at radius 2 is 2.25 bits per heavy atom. The number of nitrogens with zero attached hydrogens (tertiary/aromatic N) is 3. The second kappa shape index (κ2) is 8.05. The molecule has 6 nitrogen and oxygen atoms in total. The average Bonchev–Trinajstić information content (AvgIpc) is 2.48. The van der Waals surface area contributed by atoms with Crippen molar-refractivity contribution in [1.82, 2.24) is 14.8 Å². The monoisotopic (exact) mass is 335 g/mol. The van der Waals surface area contributed by atoms with E-state index < -0.39 is 0 Å². The Morgan fingerprint density at radius 3 is 2.92 bits per heavy atom. The summed E-state index contributed by atoms with van der Waals surface area (Å²) in [4.78, 5) is 19.9. The molecule has 0 radical (unpaired) electrons. The smallest absolute Gasteiger partial charge is 0.248 e. The van der Waals surface area contributed by atoms with Crippen molar-refractivity contribution in [2.75, 3.05) is 40.4 Å². The topological polar surface area (TPSA) is 54.9 Å². The van der Waals surface area contributed by atoms with Gasteiger partial charge in [-0.15, -0.1) is 0 Å². The fourth-order valence-corrected chi connectivity index (χ4v) is 2.96. The third-order valence-corrected chi connectivity index (χ3v) is 4.09. The molecule has 1 aromatic rings. The van der Waals surface area contributed by atoms with Crippen LogP contribution in [0.5, 0.6) is 0 Å². The molecule has 24 heavy (non-hydrogen) atoms. The molecule has 1 amide bonds. The number of aryl methyl sites for hydroxylation is 1. The van der Waals surface area contributed by atoms with Crippen LogP contribution in [0, 0.1) is 6.92 Å². The number of morpholine rings is 1. The highest BCUT2D eigenvalue weighted by Gasteiger charge is 2.33. The highest BCUT2D eigenvalue weighted by molar-refractivity contribution is 5.76. The summed E-state index contributed by atoms with van der Waals surface area (Å²) in [6.07, 6.45) is 1.78. The van der Waals surface area contributed by atoms with Crippen molar-refractivity contribution >= 4 is 5.91 Å². The molecule has 1 saturated heterocycles. The van der Waals surface area contributed by atoms with E-state index in [-0.39, 0.29) is 24.2 Å². The third-order valence-electron chi connectivity index (χ3n) is 4.09. The first-order chi connectivity index (χ1) is 11.3. The molecule has 1 aliphatic rings. The Labute approximate surface area is 144 Å². The Hall–Kier alpha value is -1.50. The van der Waals surface area contributed by atoms with Crippen LogP contribution in [0.1, 0.15) is 25.1 Å². The first-order valence-electron chi connectivity index (χ1n) is 8.35. The molecule has 6 heteroatoms. The lowest BCUT2D eigenvalue weighted by molar-refractivity contribution is -0.161. The lowest BCUT2D eigenvalue weighted by atomic mass is 10.0. The van der Waals surface area contributed by atoms with Crippen LogP contribution in [0.2, 0.25) is 0 Å². The van der Waals surface area contributed by atoms with Gasteiger partial charge in [0, 0.05) is 45.6 Å². The van der Waals surface area contributed by atoms with Gasteiger partial charge < -0.3 is 14.4 Å². The Kier molecular flexibility index (Phi) is 6.32. The predicted molar refractivity (Wildman–Crippen MR) is 92.7 cm³/mol. The summed E-state index contributed by atoms with van der Waals surface area (Å²) >= 11 is 0. The van der Waals surface area contributed by atoms with E-state index in [9.17, 15) is 4.79 Å². The van der Waals surface area contributed by atoms with Crippen LogP contribution in [0.3, 0.4) is 0 Å². The maximum atomic E-state index is 11.6. The predicted octanol–water partition coefficient (Wildman–Crippen LogP) is 1.47. The molecule has 1 aliphatic heterocycles. The van der Waals surface area contributed by atoms with Crippen LogP contribution < -0.4 is 0 Å². The van der Waals surface area contributed by atoms with Crippen molar-refractivity contribution in [3.05, 3.63) is 29.6 Å². The van der Waals surface area contributed by atoms with E-state index in [2.05, 4.69) is 29.8 Å². The molecular formula is C18H29N3O3. The second-order valence-corrected chi connectivity index (χ2v) is 7.22. The molecule has 2 rings (SSSR count). The van der Waals surface area contributed by atoms with Gasteiger partial charge in [-0.2, -0.15) is 0 Å². The van der Waals surface area contributed by atoms with Gasteiger partial charge in [0.05, 0.1) is 18.3 Å². The lowest BCUT2D eigenvalue weighted by Crippen LogP contribution is -2.53. The van der Waals surface area contributed by atoms with E-state index in [0.717, 1.165) is 25.3 Å². The summed E-state index contributed by atoms with van der Waals surface area (Å²) in [6.45, 7) is 9.22. The standard InChI is InChI=1S/C18H29N3O3/c1-14-15(7-6-8-19-14)9-21-10-16(24-18(2,3)13-21)11-23-12-17(22)20(4)5/h6-8,16H,9-13H2,1-5H3/t16-/m0/s1. The zero-order chi connectivity index (χ0) is 17.7. The molecule has 0 spiro atoms. The van der Waals surface area contributed by atoms with E-state index in [1.807, 2.05) is 19.2 Å². The SMILES string of the molecule is Cc1ncccc1CN1C[C@@H](COCC(=O)N(C)C)OC(C)(C)C1. The van der Waals surface area contributed by atoms with E-state index in [4.69, 9.17) is 9.47 Å². The minimum absolute atomic E-state index is 0.0343. The fourth-order valence-electron chi connectivity index (χ4n) is 2.96. The molecule has 1 aromatic heterocycles. The zero-order valence-electron chi connectivity index (χ0n) is 15.4. The summed E-state index contributed by atoms with van der Waals surface area (Å²) in [5, 5.41) is 0. The van der Waals surface area contributed by atoms with Crippen LogP contribution in [0.4, 0.5) is 0 Å². The summed E-state index contributed by atoms with van der Waals surface area (Å²) in [5.74, 6) is -0.0343. The van der Waals surface area contributed by atoms with Crippen LogP contribution in [0.25, 0.3) is 0 Å². The fraction of sp³-hybridized carbons (Fsp3) is 0.667. The molecule has 0 aliphatic carbocycles. The molecule has 2 heterocycles. The van der Waals surface area contributed by atoms with E-state index >= 15 is 0 Å². The quantitative estimate of drug-likeness (QED) is 0.788. The molecule has 0 N–H and O–H groups in total. The molecular weight excluding hydrogens is 306 g/mol. The normalized spacial score (nSPS) is 20.8. The number of carbonyl (C=O) groups is 1. The Morgan fingerprint density at radius 1 is 1.50 bits per heavy atom. The number of likely N-dealkylation sites (N-methyl/N-ethyl adjacent to an activating group) is 1. The minimum atomic E-state index is -0.242. The summed E-state index contributed by atoms with van der Waals surface area (Å²) in [6, 6.07) is 4.09. The van der Waals surface area contributed by atoms with E-state index in [1.165, 1.54) is 10.5 Å². The molecule has 134 valence electrons. The highest BCUT2D eigenvalue weighted by Crippen LogP contribution is 2.23. The number of hydrogen-bond acceptors (Lipinski definition) is 5. The molecule has 0 saturated carbocycles. The van der Waals surface area contributed by atoms with E-state index in [0.29, 0.717) is 6.61 Å². The summed E-state index contributed by atoms with van der Waals surface area (Å²) in [7, 11) is 3.45. The van der Waals surface area contributed by atoms with Crippen molar-refractivity contribution in [2.45, 2.75) is 39.0 Å². The maximum Gasteiger partial charge on any atom is 0.248 e. The molecule has 1 atom stereocenters. The van der Waals surface area contributed by atoms with Gasteiger partial charge in [-0.25, -0.2) is 0 Å². The first-order valence-corrected chi connectivity index (χ1v) is 8.35. The van der Waals surface area contributed by atoms with E-state index in [1.54, 1.807) is 14.1 Å². The van der Waals surface area contributed by atoms with Crippen molar-refractivity contribution < 1.29 is 14.3 Å². The van der Waals surface area contributed by atoms with Gasteiger partial charge in [0.25, 0.3) is 0 Å². The third kappa shape index (κ3) is 5.54.